The number of nitrogens with zero attached hydrogens (tertiary/aromatic N) is 3. The Balaban J connectivity index is 1.56. The second-order valence-corrected chi connectivity index (χ2v) is 9.11. The van der Waals surface area contributed by atoms with E-state index in [1.54, 1.807) is 53.4 Å². The van der Waals surface area contributed by atoms with Gasteiger partial charge in [-0.25, -0.2) is 4.98 Å². The number of carbonyl (C=O) groups excluding carboxylic acids is 3. The van der Waals surface area contributed by atoms with Gasteiger partial charge in [0.2, 0.25) is 11.7 Å². The quantitative estimate of drug-likeness (QED) is 0.367. The zero-order valence-corrected chi connectivity index (χ0v) is 21.0. The summed E-state index contributed by atoms with van der Waals surface area (Å²) in [5, 5.41) is 0.724. The van der Waals surface area contributed by atoms with Crippen LogP contribution in [0.3, 0.4) is 0 Å². The summed E-state index contributed by atoms with van der Waals surface area (Å²) >= 11 is 0. The molecule has 1 saturated heterocycles. The number of unbranched alkanes of at least 4 members (excludes halogenated alkanes) is 1. The van der Waals surface area contributed by atoms with E-state index in [0.29, 0.717) is 66.7 Å². The topological polar surface area (TPSA) is 89.0 Å². The standard InChI is InChI=1S/C29H29N3O5/c1-3-4-13-37-27-18-21(17-26-28(34)22-7-5-6-8-25(22)32(26)19(2)33)30-24-10-9-20(16-23(24)27)29(35)31-11-14-36-15-12-31/h5-10,16-18H,3-4,11-15H2,1-2H3/b26-17-. The molecule has 1 fully saturated rings. The number of carbonyl (C=O) groups is 3. The van der Waals surface area contributed by atoms with Crippen LogP contribution >= 0.6 is 0 Å². The van der Waals surface area contributed by atoms with Crippen LogP contribution in [0.1, 0.15) is 53.1 Å². The normalized spacial score (nSPS) is 16.4. The lowest BCUT2D eigenvalue weighted by atomic mass is 10.1. The molecule has 2 aromatic carbocycles. The second-order valence-electron chi connectivity index (χ2n) is 9.11. The van der Waals surface area contributed by atoms with Gasteiger partial charge in [0.1, 0.15) is 5.75 Å². The van der Waals surface area contributed by atoms with Gasteiger partial charge < -0.3 is 14.4 Å². The van der Waals surface area contributed by atoms with Crippen LogP contribution in [0.2, 0.25) is 0 Å². The smallest absolute Gasteiger partial charge is 0.254 e. The van der Waals surface area contributed by atoms with Gasteiger partial charge in [-0.05, 0) is 42.8 Å². The SMILES string of the molecule is CCCCOc1cc(/C=C2/C(=O)c3ccccc3N2C(C)=O)nc2ccc(C(=O)N3CCOCC3)cc12. The van der Waals surface area contributed by atoms with E-state index in [4.69, 9.17) is 14.5 Å². The highest BCUT2D eigenvalue weighted by atomic mass is 16.5. The third-order valence-corrected chi connectivity index (χ3v) is 6.55. The van der Waals surface area contributed by atoms with Crippen molar-refractivity contribution in [1.82, 2.24) is 9.88 Å². The summed E-state index contributed by atoms with van der Waals surface area (Å²) in [6.45, 7) is 6.21. The molecule has 0 radical (unpaired) electrons. The summed E-state index contributed by atoms with van der Waals surface area (Å²) in [5.41, 5.74) is 2.99. The number of hydrogen-bond acceptors (Lipinski definition) is 6. The fraction of sp³-hybridized carbons (Fsp3) is 0.310. The lowest BCUT2D eigenvalue weighted by molar-refractivity contribution is -0.116. The molecular weight excluding hydrogens is 470 g/mol. The third kappa shape index (κ3) is 4.84. The number of hydrogen-bond donors (Lipinski definition) is 0. The molecule has 5 rings (SSSR count). The zero-order chi connectivity index (χ0) is 25.9. The maximum atomic E-state index is 13.2. The predicted octanol–water partition coefficient (Wildman–Crippen LogP) is 4.48. The van der Waals surface area contributed by atoms with Crippen LogP contribution in [0.5, 0.6) is 5.75 Å². The molecule has 8 nitrogen and oxygen atoms in total. The molecule has 190 valence electrons. The van der Waals surface area contributed by atoms with Crippen molar-refractivity contribution in [3.05, 3.63) is 71.0 Å². The number of amides is 2. The first-order chi connectivity index (χ1) is 18.0. The molecule has 3 heterocycles. The minimum absolute atomic E-state index is 0.0534. The predicted molar refractivity (Wildman–Crippen MR) is 141 cm³/mol. The van der Waals surface area contributed by atoms with E-state index in [0.717, 1.165) is 18.2 Å². The average molecular weight is 500 g/mol. The molecule has 0 spiro atoms. The molecule has 0 N–H and O–H groups in total. The van der Waals surface area contributed by atoms with Gasteiger partial charge in [0.25, 0.3) is 5.91 Å². The van der Waals surface area contributed by atoms with Crippen molar-refractivity contribution in [1.29, 1.82) is 0 Å². The van der Waals surface area contributed by atoms with Crippen molar-refractivity contribution in [2.45, 2.75) is 26.7 Å². The minimum atomic E-state index is -0.254. The Morgan fingerprint density at radius 2 is 1.89 bits per heavy atom. The number of pyridine rings is 1. The van der Waals surface area contributed by atoms with Gasteiger partial charge >= 0.3 is 0 Å². The highest BCUT2D eigenvalue weighted by Crippen LogP contribution is 2.36. The molecule has 0 aliphatic carbocycles. The Labute approximate surface area is 215 Å². The molecule has 0 unspecified atom stereocenters. The van der Waals surface area contributed by atoms with Gasteiger partial charge in [-0.1, -0.05) is 25.5 Å². The summed E-state index contributed by atoms with van der Waals surface area (Å²) in [6.07, 6.45) is 3.47. The molecule has 2 aliphatic heterocycles. The number of anilines is 1. The van der Waals surface area contributed by atoms with Crippen LogP contribution in [-0.4, -0.2) is 60.4 Å². The summed E-state index contributed by atoms with van der Waals surface area (Å²) in [7, 11) is 0. The number of ether oxygens (including phenoxy) is 2. The second kappa shape index (κ2) is 10.5. The maximum absolute atomic E-state index is 13.2. The van der Waals surface area contributed by atoms with Crippen molar-refractivity contribution >= 4 is 40.3 Å². The first kappa shape index (κ1) is 24.6. The highest BCUT2D eigenvalue weighted by Gasteiger charge is 2.34. The number of benzene rings is 2. The third-order valence-electron chi connectivity index (χ3n) is 6.55. The first-order valence-electron chi connectivity index (χ1n) is 12.6. The Hall–Kier alpha value is -4.04. The average Bonchev–Trinajstić information content (AvgIpc) is 3.20. The molecule has 8 heteroatoms. The lowest BCUT2D eigenvalue weighted by Crippen LogP contribution is -2.40. The molecular formula is C29H29N3O5. The van der Waals surface area contributed by atoms with E-state index in [9.17, 15) is 14.4 Å². The van der Waals surface area contributed by atoms with Crippen molar-refractivity contribution in [3.8, 4) is 5.75 Å². The number of rotatable bonds is 6. The molecule has 0 atom stereocenters. The summed E-state index contributed by atoms with van der Waals surface area (Å²) in [5.74, 6) is 0.0465. The lowest BCUT2D eigenvalue weighted by Gasteiger charge is -2.27. The van der Waals surface area contributed by atoms with Crippen molar-refractivity contribution in [3.63, 3.8) is 0 Å². The van der Waals surface area contributed by atoms with Gasteiger partial charge in [0.05, 0.1) is 42.4 Å². The Bertz CT molecular complexity index is 1410. The Morgan fingerprint density at radius 3 is 2.65 bits per heavy atom. The van der Waals surface area contributed by atoms with Crippen molar-refractivity contribution < 1.29 is 23.9 Å². The number of allylic oxidation sites excluding steroid dienone is 1. The summed E-state index contributed by atoms with van der Waals surface area (Å²) in [6, 6.07) is 14.2. The molecule has 0 bridgehead atoms. The number of para-hydroxylation sites is 1. The number of Topliss-reactive ketones (excluding diaryl/α,β-unsaturated/α-hetero) is 1. The highest BCUT2D eigenvalue weighted by molar-refractivity contribution is 6.26. The number of aromatic nitrogens is 1. The molecule has 3 aromatic rings. The van der Waals surface area contributed by atoms with E-state index < -0.39 is 0 Å². The van der Waals surface area contributed by atoms with Crippen LogP contribution in [0.4, 0.5) is 5.69 Å². The molecule has 2 amide bonds. The molecule has 1 aromatic heterocycles. The van der Waals surface area contributed by atoms with Crippen LogP contribution in [-0.2, 0) is 9.53 Å². The van der Waals surface area contributed by atoms with Gasteiger partial charge in [0, 0.05) is 42.6 Å². The van der Waals surface area contributed by atoms with E-state index in [1.165, 1.54) is 11.8 Å². The van der Waals surface area contributed by atoms with E-state index in [2.05, 4.69) is 6.92 Å². The monoisotopic (exact) mass is 499 g/mol. The maximum Gasteiger partial charge on any atom is 0.254 e. The number of morpholine rings is 1. The number of ketones is 1. The van der Waals surface area contributed by atoms with Crippen LogP contribution in [0, 0.1) is 0 Å². The van der Waals surface area contributed by atoms with Crippen LogP contribution < -0.4 is 9.64 Å². The summed E-state index contributed by atoms with van der Waals surface area (Å²) in [4.78, 5) is 46.7. The fourth-order valence-corrected chi connectivity index (χ4v) is 4.66. The van der Waals surface area contributed by atoms with Gasteiger partial charge in [-0.15, -0.1) is 0 Å². The first-order valence-corrected chi connectivity index (χ1v) is 12.6. The van der Waals surface area contributed by atoms with Crippen LogP contribution in [0.15, 0.2) is 54.2 Å². The zero-order valence-electron chi connectivity index (χ0n) is 21.0. The van der Waals surface area contributed by atoms with Gasteiger partial charge in [-0.3, -0.25) is 19.3 Å². The Kier molecular flexibility index (Phi) is 7.01. The molecule has 2 aliphatic rings. The van der Waals surface area contributed by atoms with Crippen LogP contribution in [0.25, 0.3) is 17.0 Å². The van der Waals surface area contributed by atoms with Crippen molar-refractivity contribution in [2.24, 2.45) is 0 Å². The summed E-state index contributed by atoms with van der Waals surface area (Å²) < 4.78 is 11.5. The molecule has 0 saturated carbocycles. The molecule has 37 heavy (non-hydrogen) atoms. The minimum Gasteiger partial charge on any atom is -0.493 e. The van der Waals surface area contributed by atoms with E-state index >= 15 is 0 Å². The largest absolute Gasteiger partial charge is 0.493 e. The van der Waals surface area contributed by atoms with E-state index in [-0.39, 0.29) is 23.3 Å². The van der Waals surface area contributed by atoms with E-state index in [1.807, 2.05) is 6.07 Å². The number of fused-ring (bicyclic) bond motifs is 2. The van der Waals surface area contributed by atoms with Crippen molar-refractivity contribution in [2.75, 3.05) is 37.8 Å². The fourth-order valence-electron chi connectivity index (χ4n) is 4.66. The van der Waals surface area contributed by atoms with Gasteiger partial charge in [-0.2, -0.15) is 0 Å². The Morgan fingerprint density at radius 1 is 1.11 bits per heavy atom. The van der Waals surface area contributed by atoms with Gasteiger partial charge in [0.15, 0.2) is 0 Å².